The van der Waals surface area contributed by atoms with Gasteiger partial charge in [0.15, 0.2) is 0 Å². The third-order valence-electron chi connectivity index (χ3n) is 4.05. The number of nitrogen functional groups attached to an aromatic ring is 1. The molecule has 0 radical (unpaired) electrons. The van der Waals surface area contributed by atoms with Crippen molar-refractivity contribution in [2.75, 3.05) is 5.73 Å². The number of benzene rings is 1. The maximum Gasteiger partial charge on any atom is 0.243 e. The molecular weight excluding hydrogens is 274 g/mol. The molecule has 20 heavy (non-hydrogen) atoms. The van der Waals surface area contributed by atoms with Crippen molar-refractivity contribution in [1.29, 1.82) is 0 Å². The number of anilines is 1. The van der Waals surface area contributed by atoms with Gasteiger partial charge in [-0.15, -0.1) is 0 Å². The Morgan fingerprint density at radius 1 is 1.30 bits per heavy atom. The molecule has 5 nitrogen and oxygen atoms in total. The van der Waals surface area contributed by atoms with E-state index in [4.69, 9.17) is 5.73 Å². The topological polar surface area (TPSA) is 88.0 Å². The molecule has 0 spiro atoms. The van der Waals surface area contributed by atoms with Crippen LogP contribution in [0.3, 0.4) is 0 Å². The van der Waals surface area contributed by atoms with Gasteiger partial charge in [-0.2, -0.15) is 0 Å². The number of H-pyrrole nitrogens is 1. The smallest absolute Gasteiger partial charge is 0.243 e. The largest absolute Gasteiger partial charge is 0.399 e. The Kier molecular flexibility index (Phi) is 3.02. The molecule has 1 aliphatic rings. The Morgan fingerprint density at radius 3 is 2.70 bits per heavy atom. The minimum atomic E-state index is -3.52. The molecule has 1 aliphatic carbocycles. The van der Waals surface area contributed by atoms with Crippen molar-refractivity contribution in [2.24, 2.45) is 0 Å². The minimum Gasteiger partial charge on any atom is -0.399 e. The summed E-state index contributed by atoms with van der Waals surface area (Å²) < 4.78 is 28.0. The summed E-state index contributed by atoms with van der Waals surface area (Å²) in [6.45, 7) is 1.98. The van der Waals surface area contributed by atoms with Crippen LogP contribution in [0.5, 0.6) is 0 Å². The highest BCUT2D eigenvalue weighted by Crippen LogP contribution is 2.32. The molecule has 108 valence electrons. The number of rotatable bonds is 3. The van der Waals surface area contributed by atoms with Crippen molar-refractivity contribution in [2.45, 2.75) is 43.0 Å². The first-order valence-electron chi connectivity index (χ1n) is 6.80. The number of fused-ring (bicyclic) bond motifs is 1. The summed E-state index contributed by atoms with van der Waals surface area (Å²) in [5.41, 5.74) is 6.74. The number of sulfonamides is 1. The average molecular weight is 293 g/mol. The van der Waals surface area contributed by atoms with Gasteiger partial charge in [-0.05, 0) is 38.0 Å². The van der Waals surface area contributed by atoms with E-state index in [0.29, 0.717) is 16.0 Å². The number of nitrogens with two attached hydrogens (primary N) is 1. The van der Waals surface area contributed by atoms with Crippen LogP contribution in [-0.4, -0.2) is 18.9 Å². The van der Waals surface area contributed by atoms with Gasteiger partial charge in [0.05, 0.1) is 0 Å². The first-order chi connectivity index (χ1) is 9.40. The van der Waals surface area contributed by atoms with Gasteiger partial charge in [0.25, 0.3) is 0 Å². The second-order valence-electron chi connectivity index (χ2n) is 5.83. The molecule has 2 aromatic rings. The summed E-state index contributed by atoms with van der Waals surface area (Å²) in [5.74, 6) is 0. The van der Waals surface area contributed by atoms with Crippen molar-refractivity contribution >= 4 is 26.6 Å². The lowest BCUT2D eigenvalue weighted by atomic mass is 10.0. The van der Waals surface area contributed by atoms with E-state index in [0.717, 1.165) is 31.2 Å². The molecule has 0 bridgehead atoms. The predicted molar refractivity (Wildman–Crippen MR) is 79.9 cm³/mol. The van der Waals surface area contributed by atoms with Crippen LogP contribution in [0.2, 0.25) is 0 Å². The minimum absolute atomic E-state index is 0.292. The molecule has 0 saturated heterocycles. The number of hydrogen-bond acceptors (Lipinski definition) is 3. The van der Waals surface area contributed by atoms with Crippen LogP contribution in [0.15, 0.2) is 29.3 Å². The molecule has 1 saturated carbocycles. The van der Waals surface area contributed by atoms with E-state index in [9.17, 15) is 8.42 Å². The molecule has 1 heterocycles. The van der Waals surface area contributed by atoms with Crippen LogP contribution < -0.4 is 10.5 Å². The lowest BCUT2D eigenvalue weighted by Gasteiger charge is -2.24. The maximum absolute atomic E-state index is 12.6. The Bertz CT molecular complexity index is 743. The fraction of sp³-hybridized carbons (Fsp3) is 0.429. The third-order valence-corrected chi connectivity index (χ3v) is 5.72. The van der Waals surface area contributed by atoms with E-state index < -0.39 is 10.0 Å². The summed E-state index contributed by atoms with van der Waals surface area (Å²) >= 11 is 0. The monoisotopic (exact) mass is 293 g/mol. The lowest BCUT2D eigenvalue weighted by molar-refractivity contribution is 0.428. The van der Waals surface area contributed by atoms with E-state index in [1.165, 1.54) is 6.20 Å². The second-order valence-corrected chi connectivity index (χ2v) is 7.48. The zero-order valence-electron chi connectivity index (χ0n) is 11.4. The molecule has 0 aliphatic heterocycles. The van der Waals surface area contributed by atoms with Crippen molar-refractivity contribution in [1.82, 2.24) is 9.71 Å². The van der Waals surface area contributed by atoms with Crippen LogP contribution in [0.4, 0.5) is 5.69 Å². The summed E-state index contributed by atoms with van der Waals surface area (Å²) in [5, 5.41) is 0.674. The first-order valence-corrected chi connectivity index (χ1v) is 8.29. The Hall–Kier alpha value is -1.53. The number of aromatic amines is 1. The van der Waals surface area contributed by atoms with Crippen molar-refractivity contribution in [3.05, 3.63) is 24.4 Å². The van der Waals surface area contributed by atoms with Gasteiger partial charge in [-0.1, -0.05) is 12.8 Å². The molecular formula is C14H19N3O2S. The highest BCUT2D eigenvalue weighted by atomic mass is 32.2. The van der Waals surface area contributed by atoms with Gasteiger partial charge in [0, 0.05) is 28.3 Å². The molecule has 3 rings (SSSR count). The van der Waals surface area contributed by atoms with Gasteiger partial charge in [0.1, 0.15) is 4.90 Å². The average Bonchev–Trinajstić information content (AvgIpc) is 2.94. The van der Waals surface area contributed by atoms with Gasteiger partial charge in [-0.25, -0.2) is 13.1 Å². The highest BCUT2D eigenvalue weighted by molar-refractivity contribution is 7.89. The normalized spacial score (nSPS) is 18.6. The number of hydrogen-bond donors (Lipinski definition) is 3. The van der Waals surface area contributed by atoms with Crippen LogP contribution in [-0.2, 0) is 10.0 Å². The Labute approximate surface area is 118 Å². The molecule has 0 amide bonds. The Morgan fingerprint density at radius 2 is 2.00 bits per heavy atom. The standard InChI is InChI=1S/C14H19N3O2S/c1-14(6-2-3-7-14)17-20(18,19)13-9-16-12-8-10(15)4-5-11(12)13/h4-5,8-9,16-17H,2-3,6-7,15H2,1H3. The second kappa shape index (κ2) is 4.49. The fourth-order valence-electron chi connectivity index (χ4n) is 2.98. The van der Waals surface area contributed by atoms with E-state index >= 15 is 0 Å². The summed E-state index contributed by atoms with van der Waals surface area (Å²) in [4.78, 5) is 3.27. The van der Waals surface area contributed by atoms with E-state index in [1.807, 2.05) is 6.92 Å². The molecule has 4 N–H and O–H groups in total. The van der Waals surface area contributed by atoms with Crippen LogP contribution in [0, 0.1) is 0 Å². The van der Waals surface area contributed by atoms with Gasteiger partial charge >= 0.3 is 0 Å². The van der Waals surface area contributed by atoms with Crippen LogP contribution in [0.25, 0.3) is 10.9 Å². The summed E-state index contributed by atoms with van der Waals surface area (Å²) in [7, 11) is -3.52. The Balaban J connectivity index is 2.01. The molecule has 0 unspecified atom stereocenters. The van der Waals surface area contributed by atoms with Gasteiger partial charge < -0.3 is 10.7 Å². The summed E-state index contributed by atoms with van der Waals surface area (Å²) in [6, 6.07) is 5.20. The third kappa shape index (κ3) is 2.29. The molecule has 6 heteroatoms. The first kappa shape index (κ1) is 13.5. The van der Waals surface area contributed by atoms with Crippen molar-refractivity contribution < 1.29 is 8.42 Å². The maximum atomic E-state index is 12.6. The van der Waals surface area contributed by atoms with E-state index in [-0.39, 0.29) is 5.54 Å². The quantitative estimate of drug-likeness (QED) is 0.759. The highest BCUT2D eigenvalue weighted by Gasteiger charge is 2.34. The molecule has 1 fully saturated rings. The number of aromatic nitrogens is 1. The SMILES string of the molecule is CC1(NS(=O)(=O)c2c[nH]c3cc(N)ccc23)CCCC1. The van der Waals surface area contributed by atoms with Crippen molar-refractivity contribution in [3.63, 3.8) is 0 Å². The summed E-state index contributed by atoms with van der Waals surface area (Å²) in [6.07, 6.45) is 5.46. The van der Waals surface area contributed by atoms with Gasteiger partial charge in [0.2, 0.25) is 10.0 Å². The molecule has 1 aromatic carbocycles. The van der Waals surface area contributed by atoms with Crippen LogP contribution in [0.1, 0.15) is 32.6 Å². The fourth-order valence-corrected chi connectivity index (χ4v) is 4.62. The van der Waals surface area contributed by atoms with Crippen LogP contribution >= 0.6 is 0 Å². The predicted octanol–water partition coefficient (Wildman–Crippen LogP) is 2.36. The molecule has 0 atom stereocenters. The lowest BCUT2D eigenvalue weighted by Crippen LogP contribution is -2.43. The molecule has 1 aromatic heterocycles. The zero-order valence-corrected chi connectivity index (χ0v) is 12.3. The zero-order chi connectivity index (χ0) is 14.4. The van der Waals surface area contributed by atoms with E-state index in [2.05, 4.69) is 9.71 Å². The number of nitrogens with one attached hydrogen (secondary N) is 2. The van der Waals surface area contributed by atoms with E-state index in [1.54, 1.807) is 18.2 Å². The van der Waals surface area contributed by atoms with Crippen molar-refractivity contribution in [3.8, 4) is 0 Å². The van der Waals surface area contributed by atoms with Gasteiger partial charge in [-0.3, -0.25) is 0 Å².